The zero-order valence-electron chi connectivity index (χ0n) is 11.6. The minimum Gasteiger partial charge on any atom is -0.436 e. The summed E-state index contributed by atoms with van der Waals surface area (Å²) in [5.74, 6) is 0.194. The van der Waals surface area contributed by atoms with E-state index in [1.54, 1.807) is 6.07 Å². The number of para-hydroxylation sites is 1. The fraction of sp³-hybridized carbons (Fsp3) is 0.312. The number of halogens is 1. The zero-order chi connectivity index (χ0) is 14.5. The fourth-order valence-electron chi connectivity index (χ4n) is 1.96. The summed E-state index contributed by atoms with van der Waals surface area (Å²) in [5, 5.41) is 9.07. The maximum atomic E-state index is 14.0. The van der Waals surface area contributed by atoms with Gasteiger partial charge < -0.3 is 9.84 Å². The first-order valence-corrected chi connectivity index (χ1v) is 6.68. The number of pyridine rings is 1. The second-order valence-corrected chi connectivity index (χ2v) is 4.70. The first kappa shape index (κ1) is 14.5. The molecule has 1 atom stereocenters. The topological polar surface area (TPSA) is 42.4 Å². The van der Waals surface area contributed by atoms with Crippen LogP contribution in [0.2, 0.25) is 0 Å². The van der Waals surface area contributed by atoms with Crippen LogP contribution in [0.3, 0.4) is 0 Å². The number of hydrogen-bond donors (Lipinski definition) is 1. The van der Waals surface area contributed by atoms with Crippen molar-refractivity contribution in [3.8, 4) is 11.6 Å². The van der Waals surface area contributed by atoms with E-state index in [0.717, 1.165) is 12.0 Å². The lowest BCUT2D eigenvalue weighted by Gasteiger charge is -2.15. The lowest BCUT2D eigenvalue weighted by Crippen LogP contribution is -2.00. The normalized spacial score (nSPS) is 12.2. The number of aliphatic hydroxyl groups excluding tert-OH is 1. The third-order valence-electron chi connectivity index (χ3n) is 3.38. The molecule has 0 aliphatic heterocycles. The first-order valence-electron chi connectivity index (χ1n) is 6.68. The Hall–Kier alpha value is -1.94. The molecule has 0 spiro atoms. The van der Waals surface area contributed by atoms with Gasteiger partial charge in [0.05, 0.1) is 6.61 Å². The van der Waals surface area contributed by atoms with Crippen LogP contribution >= 0.6 is 0 Å². The summed E-state index contributed by atoms with van der Waals surface area (Å²) < 4.78 is 19.6. The summed E-state index contributed by atoms with van der Waals surface area (Å²) in [5.41, 5.74) is 1.20. The molecule has 1 unspecified atom stereocenters. The number of aromatic nitrogens is 1. The molecule has 3 nitrogen and oxygen atoms in total. The average molecular weight is 275 g/mol. The molecule has 20 heavy (non-hydrogen) atoms. The van der Waals surface area contributed by atoms with Crippen molar-refractivity contribution in [2.24, 2.45) is 0 Å². The largest absolute Gasteiger partial charge is 0.436 e. The van der Waals surface area contributed by atoms with Crippen molar-refractivity contribution < 1.29 is 14.2 Å². The van der Waals surface area contributed by atoms with Crippen molar-refractivity contribution in [2.45, 2.75) is 32.8 Å². The highest BCUT2D eigenvalue weighted by atomic mass is 19.1. The molecule has 0 aliphatic rings. The molecule has 0 aliphatic carbocycles. The highest BCUT2D eigenvalue weighted by molar-refractivity contribution is 5.39. The van der Waals surface area contributed by atoms with Gasteiger partial charge in [0.1, 0.15) is 5.75 Å². The monoisotopic (exact) mass is 275 g/mol. The molecule has 4 heteroatoms. The molecule has 106 valence electrons. The molecule has 1 N–H and O–H groups in total. The Morgan fingerprint density at radius 3 is 2.75 bits per heavy atom. The van der Waals surface area contributed by atoms with Crippen LogP contribution in [0.4, 0.5) is 4.39 Å². The van der Waals surface area contributed by atoms with Gasteiger partial charge in [-0.25, -0.2) is 9.37 Å². The summed E-state index contributed by atoms with van der Waals surface area (Å²) >= 11 is 0. The average Bonchev–Trinajstić information content (AvgIpc) is 2.49. The predicted molar refractivity (Wildman–Crippen MR) is 75.3 cm³/mol. The van der Waals surface area contributed by atoms with Gasteiger partial charge in [-0.1, -0.05) is 32.0 Å². The number of hydrogen-bond acceptors (Lipinski definition) is 3. The molecule has 1 aromatic heterocycles. The van der Waals surface area contributed by atoms with Gasteiger partial charge in [0, 0.05) is 11.8 Å². The van der Waals surface area contributed by atoms with Crippen LogP contribution in [0.1, 0.15) is 37.3 Å². The Morgan fingerprint density at radius 2 is 2.05 bits per heavy atom. The molecule has 0 amide bonds. The maximum Gasteiger partial charge on any atom is 0.256 e. The van der Waals surface area contributed by atoms with Crippen molar-refractivity contribution in [3.05, 3.63) is 53.5 Å². The summed E-state index contributed by atoms with van der Waals surface area (Å²) in [6.07, 6.45) is 2.39. The van der Waals surface area contributed by atoms with Gasteiger partial charge in [-0.2, -0.15) is 0 Å². The van der Waals surface area contributed by atoms with Crippen LogP contribution in [0.5, 0.6) is 11.6 Å². The fourth-order valence-corrected chi connectivity index (χ4v) is 1.96. The highest BCUT2D eigenvalue weighted by Crippen LogP contribution is 2.32. The van der Waals surface area contributed by atoms with Crippen molar-refractivity contribution in [2.75, 3.05) is 0 Å². The lowest BCUT2D eigenvalue weighted by molar-refractivity contribution is 0.272. The van der Waals surface area contributed by atoms with E-state index in [2.05, 4.69) is 18.8 Å². The minimum absolute atomic E-state index is 0.104. The summed E-state index contributed by atoms with van der Waals surface area (Å²) in [6, 6.07) is 8.98. The molecular formula is C16H18FNO2. The van der Waals surface area contributed by atoms with Gasteiger partial charge in [-0.3, -0.25) is 0 Å². The van der Waals surface area contributed by atoms with Crippen LogP contribution < -0.4 is 4.74 Å². The van der Waals surface area contributed by atoms with Crippen LogP contribution in [0.25, 0.3) is 0 Å². The quantitative estimate of drug-likeness (QED) is 0.896. The standard InChI is InChI=1S/C16H18FNO2/c1-3-11(2)13-6-4-5-7-14(13)20-16-15(17)12(10-19)8-9-18-16/h4-9,11,19H,3,10H2,1-2H3. The van der Waals surface area contributed by atoms with Gasteiger partial charge in [-0.15, -0.1) is 0 Å². The van der Waals surface area contributed by atoms with Crippen LogP contribution in [-0.4, -0.2) is 10.1 Å². The van der Waals surface area contributed by atoms with Crippen molar-refractivity contribution in [1.82, 2.24) is 4.98 Å². The number of ether oxygens (including phenoxy) is 1. The Balaban J connectivity index is 2.35. The van der Waals surface area contributed by atoms with E-state index in [0.29, 0.717) is 11.7 Å². The zero-order valence-corrected chi connectivity index (χ0v) is 11.6. The van der Waals surface area contributed by atoms with E-state index in [9.17, 15) is 4.39 Å². The molecule has 1 aromatic carbocycles. The van der Waals surface area contributed by atoms with Crippen LogP contribution in [0, 0.1) is 5.82 Å². The van der Waals surface area contributed by atoms with E-state index < -0.39 is 5.82 Å². The number of aliphatic hydroxyl groups is 1. The van der Waals surface area contributed by atoms with E-state index in [-0.39, 0.29) is 18.1 Å². The van der Waals surface area contributed by atoms with E-state index >= 15 is 0 Å². The molecule has 0 saturated heterocycles. The molecule has 0 bridgehead atoms. The number of rotatable bonds is 5. The van der Waals surface area contributed by atoms with Gasteiger partial charge in [-0.05, 0) is 30.0 Å². The van der Waals surface area contributed by atoms with E-state index in [1.165, 1.54) is 12.3 Å². The van der Waals surface area contributed by atoms with Crippen molar-refractivity contribution in [3.63, 3.8) is 0 Å². The minimum atomic E-state index is -0.617. The van der Waals surface area contributed by atoms with Crippen molar-refractivity contribution in [1.29, 1.82) is 0 Å². The van der Waals surface area contributed by atoms with Gasteiger partial charge in [0.25, 0.3) is 5.88 Å². The second kappa shape index (κ2) is 6.48. The summed E-state index contributed by atoms with van der Waals surface area (Å²) in [7, 11) is 0. The third-order valence-corrected chi connectivity index (χ3v) is 3.38. The van der Waals surface area contributed by atoms with E-state index in [4.69, 9.17) is 9.84 Å². The molecule has 1 heterocycles. The van der Waals surface area contributed by atoms with Gasteiger partial charge >= 0.3 is 0 Å². The van der Waals surface area contributed by atoms with E-state index in [1.807, 2.05) is 18.2 Å². The molecule has 0 fully saturated rings. The highest BCUT2D eigenvalue weighted by Gasteiger charge is 2.15. The molecule has 0 saturated carbocycles. The molecule has 0 radical (unpaired) electrons. The summed E-state index contributed by atoms with van der Waals surface area (Å²) in [6.45, 7) is 3.81. The maximum absolute atomic E-state index is 14.0. The predicted octanol–water partition coefficient (Wildman–Crippen LogP) is 4.02. The van der Waals surface area contributed by atoms with Gasteiger partial charge in [0.15, 0.2) is 5.82 Å². The SMILES string of the molecule is CCC(C)c1ccccc1Oc1nccc(CO)c1F. The number of benzene rings is 1. The second-order valence-electron chi connectivity index (χ2n) is 4.70. The summed E-state index contributed by atoms with van der Waals surface area (Å²) in [4.78, 5) is 3.90. The Morgan fingerprint density at radius 1 is 1.30 bits per heavy atom. The molecular weight excluding hydrogens is 257 g/mol. The molecule has 2 aromatic rings. The van der Waals surface area contributed by atoms with Crippen molar-refractivity contribution >= 4 is 0 Å². The third kappa shape index (κ3) is 2.96. The Labute approximate surface area is 118 Å². The Kier molecular flexibility index (Phi) is 4.69. The molecule has 2 rings (SSSR count). The van der Waals surface area contributed by atoms with Crippen LogP contribution in [0.15, 0.2) is 36.5 Å². The number of nitrogens with zero attached hydrogens (tertiary/aromatic N) is 1. The lowest BCUT2D eigenvalue weighted by atomic mass is 9.98. The first-order chi connectivity index (χ1) is 9.67. The van der Waals surface area contributed by atoms with Gasteiger partial charge in [0.2, 0.25) is 0 Å². The van der Waals surface area contributed by atoms with Crippen LogP contribution in [-0.2, 0) is 6.61 Å². The smallest absolute Gasteiger partial charge is 0.256 e. The Bertz CT molecular complexity index is 586.